The largest absolute Gasteiger partial charge is 0.481 e. The van der Waals surface area contributed by atoms with Gasteiger partial charge in [-0.15, -0.1) is 0 Å². The summed E-state index contributed by atoms with van der Waals surface area (Å²) >= 11 is 0. The molecule has 0 radical (unpaired) electrons. The lowest BCUT2D eigenvalue weighted by Crippen LogP contribution is -2.43. The van der Waals surface area contributed by atoms with Crippen molar-refractivity contribution in [1.82, 2.24) is 0 Å². The van der Waals surface area contributed by atoms with E-state index in [9.17, 15) is 9.59 Å². The summed E-state index contributed by atoms with van der Waals surface area (Å²) in [6.45, 7) is 1.54. The molecule has 1 N–H and O–H groups in total. The molecule has 2 unspecified atom stereocenters. The fraction of sp³-hybridized carbons (Fsp3) is 0.333. The van der Waals surface area contributed by atoms with E-state index in [0.29, 0.717) is 11.3 Å². The Morgan fingerprint density at radius 2 is 2.26 bits per heavy atom. The molecule has 19 heavy (non-hydrogen) atoms. The molecule has 1 aliphatic heterocycles. The molecule has 0 amide bonds. The standard InChI is InChI=1S/C12H11N3O4/c1-12(14-15-13)7-4-2-3-5-9(7)19-11(18)8(12)6-10(16)17/h2-5,8H,6H2,1H3,(H,16,17). The van der Waals surface area contributed by atoms with Gasteiger partial charge in [-0.05, 0) is 18.5 Å². The second kappa shape index (κ2) is 4.62. The monoisotopic (exact) mass is 261 g/mol. The molecule has 98 valence electrons. The number of esters is 1. The molecule has 0 spiro atoms. The van der Waals surface area contributed by atoms with E-state index in [4.69, 9.17) is 15.4 Å². The van der Waals surface area contributed by atoms with Crippen molar-refractivity contribution in [2.45, 2.75) is 18.9 Å². The molecule has 0 aliphatic carbocycles. The average molecular weight is 261 g/mol. The Bertz CT molecular complexity index is 594. The Kier molecular flexibility index (Phi) is 3.14. The van der Waals surface area contributed by atoms with E-state index >= 15 is 0 Å². The number of carboxylic acid groups (broad SMARTS) is 1. The van der Waals surface area contributed by atoms with Gasteiger partial charge in [0.2, 0.25) is 0 Å². The molecule has 1 aromatic rings. The van der Waals surface area contributed by atoms with Gasteiger partial charge in [0.05, 0.1) is 17.9 Å². The molecule has 0 saturated heterocycles. The summed E-state index contributed by atoms with van der Waals surface area (Å²) in [5, 5.41) is 12.5. The molecule has 0 aromatic heterocycles. The van der Waals surface area contributed by atoms with Crippen LogP contribution in [-0.2, 0) is 15.1 Å². The summed E-state index contributed by atoms with van der Waals surface area (Å²) in [7, 11) is 0. The maximum absolute atomic E-state index is 11.9. The maximum Gasteiger partial charge on any atom is 0.315 e. The number of ether oxygens (including phenoxy) is 1. The first-order chi connectivity index (χ1) is 8.99. The summed E-state index contributed by atoms with van der Waals surface area (Å²) in [4.78, 5) is 25.5. The third-order valence-electron chi connectivity index (χ3n) is 3.24. The van der Waals surface area contributed by atoms with Crippen LogP contribution in [0.15, 0.2) is 29.4 Å². The van der Waals surface area contributed by atoms with Gasteiger partial charge in [0.15, 0.2) is 0 Å². The minimum Gasteiger partial charge on any atom is -0.481 e. The summed E-state index contributed by atoms with van der Waals surface area (Å²) in [5.74, 6) is -2.60. The number of hydrogen-bond acceptors (Lipinski definition) is 4. The first-order valence-corrected chi connectivity index (χ1v) is 5.58. The molecular weight excluding hydrogens is 250 g/mol. The Morgan fingerprint density at radius 3 is 2.89 bits per heavy atom. The van der Waals surface area contributed by atoms with Crippen molar-refractivity contribution in [3.05, 3.63) is 40.3 Å². The van der Waals surface area contributed by atoms with Crippen LogP contribution in [0.1, 0.15) is 18.9 Å². The zero-order valence-electron chi connectivity index (χ0n) is 10.1. The number of carbonyl (C=O) groups excluding carboxylic acids is 1. The Hall–Kier alpha value is -2.53. The topological polar surface area (TPSA) is 112 Å². The first-order valence-electron chi connectivity index (χ1n) is 5.58. The quantitative estimate of drug-likeness (QED) is 0.295. The average Bonchev–Trinajstić information content (AvgIpc) is 2.35. The lowest BCUT2D eigenvalue weighted by atomic mass is 9.76. The fourth-order valence-electron chi connectivity index (χ4n) is 2.24. The first kappa shape index (κ1) is 12.9. The molecule has 1 aliphatic rings. The van der Waals surface area contributed by atoms with Crippen molar-refractivity contribution < 1.29 is 19.4 Å². The van der Waals surface area contributed by atoms with E-state index in [1.165, 1.54) is 0 Å². The number of carbonyl (C=O) groups is 2. The third kappa shape index (κ3) is 2.11. The van der Waals surface area contributed by atoms with Gasteiger partial charge < -0.3 is 9.84 Å². The van der Waals surface area contributed by atoms with E-state index in [0.717, 1.165) is 0 Å². The van der Waals surface area contributed by atoms with Crippen LogP contribution in [-0.4, -0.2) is 17.0 Å². The summed E-state index contributed by atoms with van der Waals surface area (Å²) in [6, 6.07) is 6.63. The number of nitrogens with zero attached hydrogens (tertiary/aromatic N) is 3. The zero-order valence-corrected chi connectivity index (χ0v) is 10.1. The number of hydrogen-bond donors (Lipinski definition) is 1. The van der Waals surface area contributed by atoms with Crippen molar-refractivity contribution in [2.24, 2.45) is 11.0 Å². The second-order valence-electron chi connectivity index (χ2n) is 4.40. The number of azide groups is 1. The number of para-hydroxylation sites is 1. The molecular formula is C12H11N3O4. The van der Waals surface area contributed by atoms with Crippen molar-refractivity contribution in [3.8, 4) is 5.75 Å². The summed E-state index contributed by atoms with van der Waals surface area (Å²) in [5.41, 5.74) is 7.95. The molecule has 0 fully saturated rings. The lowest BCUT2D eigenvalue weighted by Gasteiger charge is -2.36. The zero-order chi connectivity index (χ0) is 14.0. The van der Waals surface area contributed by atoms with Gasteiger partial charge in [-0.25, -0.2) is 0 Å². The highest BCUT2D eigenvalue weighted by Crippen LogP contribution is 2.45. The van der Waals surface area contributed by atoms with Gasteiger partial charge in [0.1, 0.15) is 5.75 Å². The normalized spacial score (nSPS) is 24.9. The fourth-order valence-corrected chi connectivity index (χ4v) is 2.24. The van der Waals surface area contributed by atoms with Crippen LogP contribution in [0.5, 0.6) is 5.75 Å². The van der Waals surface area contributed by atoms with Gasteiger partial charge >= 0.3 is 11.9 Å². The van der Waals surface area contributed by atoms with Gasteiger partial charge in [0, 0.05) is 10.5 Å². The second-order valence-corrected chi connectivity index (χ2v) is 4.40. The minimum absolute atomic E-state index is 0.295. The molecule has 1 aromatic carbocycles. The van der Waals surface area contributed by atoms with E-state index in [1.807, 2.05) is 0 Å². The van der Waals surface area contributed by atoms with Crippen LogP contribution in [0.2, 0.25) is 0 Å². The summed E-state index contributed by atoms with van der Waals surface area (Å²) in [6.07, 6.45) is -0.456. The molecule has 0 bridgehead atoms. The lowest BCUT2D eigenvalue weighted by molar-refractivity contribution is -0.150. The van der Waals surface area contributed by atoms with E-state index in [1.54, 1.807) is 31.2 Å². The van der Waals surface area contributed by atoms with Crippen LogP contribution in [0, 0.1) is 5.92 Å². The minimum atomic E-state index is -1.26. The number of carboxylic acids is 1. The van der Waals surface area contributed by atoms with Crippen molar-refractivity contribution in [2.75, 3.05) is 0 Å². The van der Waals surface area contributed by atoms with Crippen LogP contribution in [0.3, 0.4) is 0 Å². The molecule has 0 saturated carbocycles. The predicted octanol–water partition coefficient (Wildman–Crippen LogP) is 2.22. The number of benzene rings is 1. The highest BCUT2D eigenvalue weighted by molar-refractivity contribution is 5.84. The van der Waals surface area contributed by atoms with E-state index < -0.39 is 29.8 Å². The predicted molar refractivity (Wildman–Crippen MR) is 64.3 cm³/mol. The van der Waals surface area contributed by atoms with Crippen molar-refractivity contribution in [3.63, 3.8) is 0 Å². The van der Waals surface area contributed by atoms with Gasteiger partial charge in [0.25, 0.3) is 0 Å². The van der Waals surface area contributed by atoms with Crippen LogP contribution in [0.25, 0.3) is 10.4 Å². The molecule has 7 heteroatoms. The van der Waals surface area contributed by atoms with Gasteiger partial charge in [-0.1, -0.05) is 23.3 Å². The third-order valence-corrected chi connectivity index (χ3v) is 3.24. The van der Waals surface area contributed by atoms with Crippen molar-refractivity contribution >= 4 is 11.9 Å². The van der Waals surface area contributed by atoms with E-state index in [-0.39, 0.29) is 0 Å². The smallest absolute Gasteiger partial charge is 0.315 e. The van der Waals surface area contributed by atoms with Crippen molar-refractivity contribution in [1.29, 1.82) is 0 Å². The highest BCUT2D eigenvalue weighted by Gasteiger charge is 2.47. The molecule has 1 heterocycles. The number of aliphatic carboxylic acids is 1. The highest BCUT2D eigenvalue weighted by atomic mass is 16.5. The Morgan fingerprint density at radius 1 is 1.58 bits per heavy atom. The number of rotatable bonds is 3. The van der Waals surface area contributed by atoms with Crippen LogP contribution >= 0.6 is 0 Å². The summed E-state index contributed by atoms with van der Waals surface area (Å²) < 4.78 is 5.10. The molecule has 2 rings (SSSR count). The Labute approximate surface area is 108 Å². The van der Waals surface area contributed by atoms with Gasteiger partial charge in [-0.3, -0.25) is 9.59 Å². The number of fused-ring (bicyclic) bond motifs is 1. The molecule has 7 nitrogen and oxygen atoms in total. The molecule has 2 atom stereocenters. The van der Waals surface area contributed by atoms with Crippen LogP contribution < -0.4 is 4.74 Å². The SMILES string of the molecule is CC1(N=[N+]=[N-])c2ccccc2OC(=O)C1CC(=O)O. The van der Waals surface area contributed by atoms with Crippen LogP contribution in [0.4, 0.5) is 0 Å². The van der Waals surface area contributed by atoms with Gasteiger partial charge in [-0.2, -0.15) is 0 Å². The Balaban J connectivity index is 2.60. The maximum atomic E-state index is 11.9. The van der Waals surface area contributed by atoms with E-state index in [2.05, 4.69) is 10.0 Å².